The minimum atomic E-state index is -5.03. The normalized spacial score (nSPS) is 21.1. The number of alkyl halides is 6. The summed E-state index contributed by atoms with van der Waals surface area (Å²) in [7, 11) is 0. The zero-order chi connectivity index (χ0) is 16.3. The maximum Gasteiger partial charge on any atom is 0.422 e. The summed E-state index contributed by atoms with van der Waals surface area (Å²) in [6.07, 6.45) is -9.72. The predicted molar refractivity (Wildman–Crippen MR) is 59.3 cm³/mol. The number of halogens is 6. The third-order valence-corrected chi connectivity index (χ3v) is 3.04. The summed E-state index contributed by atoms with van der Waals surface area (Å²) in [6.45, 7) is 1.63. The molecule has 0 spiro atoms. The largest absolute Gasteiger partial charge is 0.461 e. The van der Waals surface area contributed by atoms with E-state index in [0.29, 0.717) is 19.4 Å². The molecule has 1 saturated heterocycles. The van der Waals surface area contributed by atoms with Crippen LogP contribution in [0.1, 0.15) is 19.3 Å². The molecule has 0 bridgehead atoms. The average molecular weight is 320 g/mol. The zero-order valence-electron chi connectivity index (χ0n) is 10.9. The van der Waals surface area contributed by atoms with Gasteiger partial charge in [0.2, 0.25) is 0 Å². The van der Waals surface area contributed by atoms with Crippen LogP contribution in [0.4, 0.5) is 26.3 Å². The van der Waals surface area contributed by atoms with Gasteiger partial charge in [0.05, 0.1) is 12.0 Å². The van der Waals surface area contributed by atoms with Crippen molar-refractivity contribution in [1.82, 2.24) is 0 Å². The Morgan fingerprint density at radius 1 is 1.29 bits per heavy atom. The lowest BCUT2D eigenvalue weighted by Crippen LogP contribution is -2.33. The zero-order valence-corrected chi connectivity index (χ0v) is 10.9. The van der Waals surface area contributed by atoms with Gasteiger partial charge in [0, 0.05) is 6.61 Å². The van der Waals surface area contributed by atoms with E-state index in [4.69, 9.17) is 4.74 Å². The number of ether oxygens (including phenoxy) is 2. The van der Waals surface area contributed by atoms with Crippen molar-refractivity contribution in [2.45, 2.75) is 37.7 Å². The highest BCUT2D eigenvalue weighted by molar-refractivity contribution is 5.89. The third kappa shape index (κ3) is 5.56. The Labute approximate surface area is 116 Å². The van der Waals surface area contributed by atoms with Crippen molar-refractivity contribution in [2.24, 2.45) is 5.92 Å². The second kappa shape index (κ2) is 6.67. The second-order valence-electron chi connectivity index (χ2n) is 4.68. The summed E-state index contributed by atoms with van der Waals surface area (Å²) in [6, 6.07) is 0. The highest BCUT2D eigenvalue weighted by atomic mass is 19.4. The first-order valence-electron chi connectivity index (χ1n) is 6.13. The topological polar surface area (TPSA) is 35.5 Å². The molecule has 0 aromatic rings. The molecule has 0 aliphatic carbocycles. The van der Waals surface area contributed by atoms with Crippen LogP contribution >= 0.6 is 0 Å². The van der Waals surface area contributed by atoms with E-state index in [-0.39, 0.29) is 0 Å². The highest BCUT2D eigenvalue weighted by Crippen LogP contribution is 2.33. The molecule has 1 aliphatic heterocycles. The van der Waals surface area contributed by atoms with Crippen LogP contribution in [-0.4, -0.2) is 37.6 Å². The van der Waals surface area contributed by atoms with Gasteiger partial charge in [-0.05, 0) is 19.3 Å². The van der Waals surface area contributed by atoms with E-state index in [0.717, 1.165) is 0 Å². The van der Waals surface area contributed by atoms with Gasteiger partial charge in [0.25, 0.3) is 0 Å². The first-order valence-corrected chi connectivity index (χ1v) is 6.13. The van der Waals surface area contributed by atoms with Crippen molar-refractivity contribution in [3.63, 3.8) is 0 Å². The van der Waals surface area contributed by atoms with Gasteiger partial charge in [-0.15, -0.1) is 0 Å². The standard InChI is InChI=1S/C12H14F6O3/c1-7(11(13,14)15)10(19)21-6-8(12(16,17)18)5-9-3-2-4-20-9/h8-9H,1-6H2. The van der Waals surface area contributed by atoms with Gasteiger partial charge in [-0.1, -0.05) is 6.58 Å². The van der Waals surface area contributed by atoms with E-state index in [2.05, 4.69) is 11.3 Å². The number of carbonyl (C=O) groups excluding carboxylic acids is 1. The van der Waals surface area contributed by atoms with Crippen LogP contribution in [-0.2, 0) is 14.3 Å². The third-order valence-electron chi connectivity index (χ3n) is 3.04. The summed E-state index contributed by atoms with van der Waals surface area (Å²) < 4.78 is 83.9. The van der Waals surface area contributed by atoms with Crippen LogP contribution in [0.15, 0.2) is 12.2 Å². The smallest absolute Gasteiger partial charge is 0.422 e. The van der Waals surface area contributed by atoms with Crippen molar-refractivity contribution < 1.29 is 40.6 Å². The lowest BCUT2D eigenvalue weighted by molar-refractivity contribution is -0.197. The fourth-order valence-electron chi connectivity index (χ4n) is 1.82. The number of hydrogen-bond donors (Lipinski definition) is 0. The molecule has 1 fully saturated rings. The van der Waals surface area contributed by atoms with Gasteiger partial charge in [0.1, 0.15) is 12.2 Å². The quantitative estimate of drug-likeness (QED) is 0.442. The van der Waals surface area contributed by atoms with Crippen molar-refractivity contribution >= 4 is 5.97 Å². The van der Waals surface area contributed by atoms with Gasteiger partial charge < -0.3 is 9.47 Å². The number of rotatable bonds is 5. The van der Waals surface area contributed by atoms with E-state index in [1.165, 1.54) is 0 Å². The molecule has 0 aromatic carbocycles. The van der Waals surface area contributed by atoms with E-state index in [1.54, 1.807) is 0 Å². The molecule has 0 radical (unpaired) electrons. The Bertz CT molecular complexity index is 381. The van der Waals surface area contributed by atoms with Crippen LogP contribution < -0.4 is 0 Å². The first-order chi connectivity index (χ1) is 9.51. The van der Waals surface area contributed by atoms with Crippen LogP contribution in [0.3, 0.4) is 0 Å². The van der Waals surface area contributed by atoms with Crippen molar-refractivity contribution in [3.05, 3.63) is 12.2 Å². The van der Waals surface area contributed by atoms with Gasteiger partial charge in [-0.25, -0.2) is 4.79 Å². The molecular weight excluding hydrogens is 306 g/mol. The maximum atomic E-state index is 12.8. The van der Waals surface area contributed by atoms with Crippen LogP contribution in [0.25, 0.3) is 0 Å². The lowest BCUT2D eigenvalue weighted by Gasteiger charge is -2.23. The number of carbonyl (C=O) groups is 1. The Kier molecular flexibility index (Phi) is 5.66. The Morgan fingerprint density at radius 3 is 2.33 bits per heavy atom. The van der Waals surface area contributed by atoms with Crippen molar-refractivity contribution in [3.8, 4) is 0 Å². The Balaban J connectivity index is 2.57. The molecular formula is C12H14F6O3. The molecule has 1 aliphatic rings. The molecule has 21 heavy (non-hydrogen) atoms. The van der Waals surface area contributed by atoms with Gasteiger partial charge in [-0.2, -0.15) is 26.3 Å². The minimum absolute atomic E-state index is 0.347. The monoisotopic (exact) mass is 320 g/mol. The summed E-state index contributed by atoms with van der Waals surface area (Å²) in [5.41, 5.74) is -1.83. The molecule has 0 aromatic heterocycles. The molecule has 1 rings (SSSR count). The van der Waals surface area contributed by atoms with Crippen LogP contribution in [0.2, 0.25) is 0 Å². The molecule has 0 N–H and O–H groups in total. The van der Waals surface area contributed by atoms with Crippen LogP contribution in [0.5, 0.6) is 0 Å². The lowest BCUT2D eigenvalue weighted by atomic mass is 10.00. The molecule has 0 amide bonds. The summed E-state index contributed by atoms with van der Waals surface area (Å²) in [4.78, 5) is 11.0. The van der Waals surface area contributed by atoms with Gasteiger partial charge in [-0.3, -0.25) is 0 Å². The molecule has 1 heterocycles. The van der Waals surface area contributed by atoms with Crippen molar-refractivity contribution in [2.75, 3.05) is 13.2 Å². The summed E-state index contributed by atoms with van der Waals surface area (Å²) in [5, 5.41) is 0. The van der Waals surface area contributed by atoms with Crippen molar-refractivity contribution in [1.29, 1.82) is 0 Å². The van der Waals surface area contributed by atoms with E-state index < -0.39 is 48.9 Å². The van der Waals surface area contributed by atoms with E-state index >= 15 is 0 Å². The van der Waals surface area contributed by atoms with E-state index in [9.17, 15) is 31.1 Å². The summed E-state index contributed by atoms with van der Waals surface area (Å²) >= 11 is 0. The molecule has 2 atom stereocenters. The molecule has 0 saturated carbocycles. The first kappa shape index (κ1) is 17.8. The summed E-state index contributed by atoms with van der Waals surface area (Å²) in [5.74, 6) is -3.96. The minimum Gasteiger partial charge on any atom is -0.461 e. The Hall–Kier alpha value is -1.25. The maximum absolute atomic E-state index is 12.8. The fourth-order valence-corrected chi connectivity index (χ4v) is 1.82. The van der Waals surface area contributed by atoms with E-state index in [1.807, 2.05) is 0 Å². The van der Waals surface area contributed by atoms with Gasteiger partial charge >= 0.3 is 18.3 Å². The average Bonchev–Trinajstić information content (AvgIpc) is 2.83. The number of esters is 1. The fraction of sp³-hybridized carbons (Fsp3) is 0.750. The second-order valence-corrected chi connectivity index (χ2v) is 4.68. The SMILES string of the molecule is C=C(C(=O)OCC(CC1CCCO1)C(F)(F)F)C(F)(F)F. The van der Waals surface area contributed by atoms with Crippen LogP contribution in [0, 0.1) is 5.92 Å². The molecule has 122 valence electrons. The van der Waals surface area contributed by atoms with Gasteiger partial charge in [0.15, 0.2) is 0 Å². The molecule has 2 unspecified atom stereocenters. The predicted octanol–water partition coefficient (Wildman–Crippen LogP) is 3.40. The molecule has 9 heteroatoms. The Morgan fingerprint density at radius 2 is 1.90 bits per heavy atom. The highest BCUT2D eigenvalue weighted by Gasteiger charge is 2.44. The number of hydrogen-bond acceptors (Lipinski definition) is 3. The molecule has 3 nitrogen and oxygen atoms in total.